The van der Waals surface area contributed by atoms with E-state index in [1.165, 1.54) is 11.0 Å². The molecule has 1 N–H and O–H groups in total. The second-order valence-electron chi connectivity index (χ2n) is 5.21. The van der Waals surface area contributed by atoms with Gasteiger partial charge in [-0.2, -0.15) is 5.10 Å². The summed E-state index contributed by atoms with van der Waals surface area (Å²) in [5.74, 6) is 0.449. The standard InChI is InChI=1S/C15H17N7O2/c1-21-9-11(8-17-21)3-6-15(23)18-13-5-4-12(7-14(13)24-2)22-10-16-19-20-22/h4-5,7-10H,3,6H2,1-2H3,(H,18,23). The van der Waals surface area contributed by atoms with E-state index in [-0.39, 0.29) is 5.91 Å². The van der Waals surface area contributed by atoms with E-state index in [0.29, 0.717) is 24.3 Å². The molecule has 0 saturated heterocycles. The average Bonchev–Trinajstić information content (AvgIpc) is 3.25. The zero-order chi connectivity index (χ0) is 16.9. The van der Waals surface area contributed by atoms with E-state index >= 15 is 0 Å². The van der Waals surface area contributed by atoms with E-state index in [4.69, 9.17) is 4.74 Å². The Bertz CT molecular complexity index is 826. The Labute approximate surface area is 138 Å². The van der Waals surface area contributed by atoms with Crippen molar-refractivity contribution >= 4 is 11.6 Å². The van der Waals surface area contributed by atoms with Gasteiger partial charge in [0.15, 0.2) is 0 Å². The van der Waals surface area contributed by atoms with Crippen LogP contribution in [-0.2, 0) is 18.3 Å². The molecule has 0 aliphatic carbocycles. The van der Waals surface area contributed by atoms with Crippen LogP contribution in [0.2, 0.25) is 0 Å². The van der Waals surface area contributed by atoms with Crippen molar-refractivity contribution in [2.45, 2.75) is 12.8 Å². The predicted molar refractivity (Wildman–Crippen MR) is 85.9 cm³/mol. The number of nitrogens with one attached hydrogen (secondary N) is 1. The molecule has 0 spiro atoms. The van der Waals surface area contributed by atoms with Crippen LogP contribution in [0.5, 0.6) is 5.75 Å². The van der Waals surface area contributed by atoms with Crippen LogP contribution in [0.15, 0.2) is 36.9 Å². The highest BCUT2D eigenvalue weighted by molar-refractivity contribution is 5.92. The van der Waals surface area contributed by atoms with Crippen molar-refractivity contribution in [1.29, 1.82) is 0 Å². The fourth-order valence-corrected chi connectivity index (χ4v) is 2.28. The maximum atomic E-state index is 12.1. The van der Waals surface area contributed by atoms with Crippen LogP contribution in [0.25, 0.3) is 5.69 Å². The number of hydrogen-bond acceptors (Lipinski definition) is 6. The molecular weight excluding hydrogens is 310 g/mol. The Morgan fingerprint density at radius 3 is 2.92 bits per heavy atom. The number of methoxy groups -OCH3 is 1. The molecule has 3 aromatic rings. The first-order valence-corrected chi connectivity index (χ1v) is 7.34. The third kappa shape index (κ3) is 3.57. The summed E-state index contributed by atoms with van der Waals surface area (Å²) in [5, 5.41) is 18.0. The number of tetrazole rings is 1. The number of carbonyl (C=O) groups is 1. The number of aryl methyl sites for hydroxylation is 2. The van der Waals surface area contributed by atoms with E-state index < -0.39 is 0 Å². The van der Waals surface area contributed by atoms with Crippen molar-refractivity contribution in [1.82, 2.24) is 30.0 Å². The van der Waals surface area contributed by atoms with E-state index in [1.807, 2.05) is 13.2 Å². The van der Waals surface area contributed by atoms with Crippen molar-refractivity contribution in [3.05, 3.63) is 42.5 Å². The van der Waals surface area contributed by atoms with Gasteiger partial charge >= 0.3 is 0 Å². The van der Waals surface area contributed by atoms with Crippen LogP contribution in [0.4, 0.5) is 5.69 Å². The molecule has 0 atom stereocenters. The minimum atomic E-state index is -0.0904. The van der Waals surface area contributed by atoms with Gasteiger partial charge in [-0.1, -0.05) is 0 Å². The van der Waals surface area contributed by atoms with Crippen molar-refractivity contribution < 1.29 is 9.53 Å². The van der Waals surface area contributed by atoms with Gasteiger partial charge in [0.2, 0.25) is 5.91 Å². The van der Waals surface area contributed by atoms with Gasteiger partial charge in [0, 0.05) is 25.7 Å². The van der Waals surface area contributed by atoms with E-state index in [9.17, 15) is 4.79 Å². The molecule has 24 heavy (non-hydrogen) atoms. The van der Waals surface area contributed by atoms with Gasteiger partial charge in [0.1, 0.15) is 12.1 Å². The summed E-state index contributed by atoms with van der Waals surface area (Å²) in [6.45, 7) is 0. The molecule has 1 aromatic carbocycles. The normalized spacial score (nSPS) is 10.6. The lowest BCUT2D eigenvalue weighted by Crippen LogP contribution is -2.13. The Hall–Kier alpha value is -3.23. The third-order valence-electron chi connectivity index (χ3n) is 3.47. The lowest BCUT2D eigenvalue weighted by atomic mass is 10.2. The van der Waals surface area contributed by atoms with Gasteiger partial charge in [-0.15, -0.1) is 5.10 Å². The van der Waals surface area contributed by atoms with E-state index in [1.54, 1.807) is 36.2 Å². The monoisotopic (exact) mass is 327 g/mol. The molecule has 0 bridgehead atoms. The van der Waals surface area contributed by atoms with Gasteiger partial charge in [-0.05, 0) is 34.5 Å². The number of nitrogens with zero attached hydrogens (tertiary/aromatic N) is 6. The molecular formula is C15H17N7O2. The highest BCUT2D eigenvalue weighted by Gasteiger charge is 2.10. The summed E-state index contributed by atoms with van der Waals surface area (Å²) in [6.07, 6.45) is 6.14. The smallest absolute Gasteiger partial charge is 0.224 e. The lowest BCUT2D eigenvalue weighted by Gasteiger charge is -2.11. The van der Waals surface area contributed by atoms with Crippen molar-refractivity contribution in [3.8, 4) is 11.4 Å². The molecule has 3 rings (SSSR count). The van der Waals surface area contributed by atoms with E-state index in [0.717, 1.165) is 11.3 Å². The Kier molecular flexibility index (Phi) is 4.50. The molecule has 0 unspecified atom stereocenters. The molecule has 0 radical (unpaired) electrons. The van der Waals surface area contributed by atoms with Gasteiger partial charge < -0.3 is 10.1 Å². The van der Waals surface area contributed by atoms with Gasteiger partial charge in [0.05, 0.1) is 24.7 Å². The van der Waals surface area contributed by atoms with Crippen LogP contribution in [0, 0.1) is 0 Å². The summed E-state index contributed by atoms with van der Waals surface area (Å²) >= 11 is 0. The second-order valence-corrected chi connectivity index (χ2v) is 5.21. The summed E-state index contributed by atoms with van der Waals surface area (Å²) in [7, 11) is 3.39. The summed E-state index contributed by atoms with van der Waals surface area (Å²) < 4.78 is 8.57. The number of amides is 1. The quantitative estimate of drug-likeness (QED) is 0.724. The van der Waals surface area contributed by atoms with Crippen LogP contribution >= 0.6 is 0 Å². The first kappa shape index (κ1) is 15.7. The van der Waals surface area contributed by atoms with E-state index in [2.05, 4.69) is 25.9 Å². The highest BCUT2D eigenvalue weighted by Crippen LogP contribution is 2.27. The molecule has 9 heteroatoms. The topological polar surface area (TPSA) is 99.8 Å². The van der Waals surface area contributed by atoms with Crippen LogP contribution in [0.3, 0.4) is 0 Å². The summed E-state index contributed by atoms with van der Waals surface area (Å²) in [5.41, 5.74) is 2.37. The number of hydrogen-bond donors (Lipinski definition) is 1. The number of carbonyl (C=O) groups excluding carboxylic acids is 1. The third-order valence-corrected chi connectivity index (χ3v) is 3.47. The molecule has 0 aliphatic rings. The molecule has 2 heterocycles. The van der Waals surface area contributed by atoms with Gasteiger partial charge in [-0.25, -0.2) is 4.68 Å². The number of aromatic nitrogens is 6. The molecule has 0 aliphatic heterocycles. The number of ether oxygens (including phenoxy) is 1. The van der Waals surface area contributed by atoms with Crippen molar-refractivity contribution in [2.24, 2.45) is 7.05 Å². The molecule has 0 saturated carbocycles. The Morgan fingerprint density at radius 2 is 2.25 bits per heavy atom. The highest BCUT2D eigenvalue weighted by atomic mass is 16.5. The maximum absolute atomic E-state index is 12.1. The van der Waals surface area contributed by atoms with Gasteiger partial charge in [-0.3, -0.25) is 9.48 Å². The largest absolute Gasteiger partial charge is 0.494 e. The minimum absolute atomic E-state index is 0.0904. The predicted octanol–water partition coefficient (Wildman–Crippen LogP) is 0.976. The van der Waals surface area contributed by atoms with Crippen molar-refractivity contribution in [2.75, 3.05) is 12.4 Å². The summed E-state index contributed by atoms with van der Waals surface area (Å²) in [6, 6.07) is 5.32. The fraction of sp³-hybridized carbons (Fsp3) is 0.267. The zero-order valence-corrected chi connectivity index (χ0v) is 13.4. The molecule has 0 fully saturated rings. The van der Waals surface area contributed by atoms with Crippen LogP contribution in [-0.4, -0.2) is 43.0 Å². The first-order chi connectivity index (χ1) is 11.7. The Morgan fingerprint density at radius 1 is 1.38 bits per heavy atom. The number of benzene rings is 1. The maximum Gasteiger partial charge on any atom is 0.224 e. The minimum Gasteiger partial charge on any atom is -0.494 e. The second kappa shape index (κ2) is 6.90. The van der Waals surface area contributed by atoms with Crippen LogP contribution < -0.4 is 10.1 Å². The first-order valence-electron chi connectivity index (χ1n) is 7.34. The molecule has 1 amide bonds. The Balaban J connectivity index is 1.66. The SMILES string of the molecule is COc1cc(-n2cnnn2)ccc1NC(=O)CCc1cnn(C)c1. The molecule has 124 valence electrons. The lowest BCUT2D eigenvalue weighted by molar-refractivity contribution is -0.116. The molecule has 2 aromatic heterocycles. The number of rotatable bonds is 6. The van der Waals surface area contributed by atoms with Crippen LogP contribution in [0.1, 0.15) is 12.0 Å². The summed E-state index contributed by atoms with van der Waals surface area (Å²) in [4.78, 5) is 12.1. The average molecular weight is 327 g/mol. The zero-order valence-electron chi connectivity index (χ0n) is 13.4. The number of anilines is 1. The van der Waals surface area contributed by atoms with Crippen molar-refractivity contribution in [3.63, 3.8) is 0 Å². The molecule has 9 nitrogen and oxygen atoms in total. The van der Waals surface area contributed by atoms with Gasteiger partial charge in [0.25, 0.3) is 0 Å². The fourth-order valence-electron chi connectivity index (χ4n) is 2.28.